The Labute approximate surface area is 202 Å². The molecule has 3 rings (SSSR count). The number of likely N-dealkylation sites (N-methyl/N-ethyl adjacent to an activating group) is 1. The number of rotatable bonds is 10. The van der Waals surface area contributed by atoms with E-state index in [1.807, 2.05) is 6.07 Å². The summed E-state index contributed by atoms with van der Waals surface area (Å²) in [7, 11) is 3.12. The van der Waals surface area contributed by atoms with Crippen LogP contribution in [0.25, 0.3) is 10.2 Å². The monoisotopic (exact) mass is 494 g/mol. The van der Waals surface area contributed by atoms with Crippen LogP contribution in [0.3, 0.4) is 0 Å². The fraction of sp³-hybridized carbons (Fsp3) is 0.364. The van der Waals surface area contributed by atoms with Crippen molar-refractivity contribution in [1.82, 2.24) is 9.88 Å². The quantitative estimate of drug-likeness (QED) is 0.299. The molecule has 2 aromatic carbocycles. The molecule has 0 aliphatic rings. The van der Waals surface area contributed by atoms with E-state index in [1.54, 1.807) is 31.3 Å². The highest BCUT2D eigenvalue weighted by molar-refractivity contribution is 7.22. The van der Waals surface area contributed by atoms with Gasteiger partial charge in [0.2, 0.25) is 0 Å². The molecule has 1 amide bonds. The van der Waals surface area contributed by atoms with Crippen LogP contribution in [0, 0.1) is 10.1 Å². The average Bonchev–Trinajstić information content (AvgIpc) is 3.23. The van der Waals surface area contributed by atoms with E-state index in [-0.39, 0.29) is 29.6 Å². The Morgan fingerprint density at radius 3 is 2.36 bits per heavy atom. The van der Waals surface area contributed by atoms with Crippen molar-refractivity contribution in [2.75, 3.05) is 45.3 Å². The van der Waals surface area contributed by atoms with Crippen molar-refractivity contribution in [2.45, 2.75) is 13.8 Å². The maximum Gasteiger partial charge on any atom is 0.270 e. The molecule has 178 valence electrons. The molecule has 0 unspecified atom stereocenters. The van der Waals surface area contributed by atoms with E-state index in [1.165, 1.54) is 29.5 Å². The number of aromatic nitrogens is 1. The first kappa shape index (κ1) is 26.3. The van der Waals surface area contributed by atoms with Crippen LogP contribution < -0.4 is 14.4 Å². The minimum atomic E-state index is -0.507. The summed E-state index contributed by atoms with van der Waals surface area (Å²) in [5.41, 5.74) is 0.800. The Morgan fingerprint density at radius 2 is 1.76 bits per heavy atom. The number of thiazole rings is 1. The molecule has 0 aliphatic carbocycles. The van der Waals surface area contributed by atoms with Crippen LogP contribution in [0.5, 0.6) is 11.5 Å². The normalized spacial score (nSPS) is 10.7. The van der Waals surface area contributed by atoms with Gasteiger partial charge in [0.1, 0.15) is 0 Å². The number of hydrogen-bond donors (Lipinski definition) is 0. The number of nitrogens with zero attached hydrogens (tertiary/aromatic N) is 4. The smallest absolute Gasteiger partial charge is 0.270 e. The third-order valence-electron chi connectivity index (χ3n) is 5.20. The summed E-state index contributed by atoms with van der Waals surface area (Å²) in [4.78, 5) is 32.6. The predicted molar refractivity (Wildman–Crippen MR) is 133 cm³/mol. The van der Waals surface area contributed by atoms with Gasteiger partial charge in [-0.1, -0.05) is 31.3 Å². The number of methoxy groups -OCH3 is 2. The number of hydrogen-bond acceptors (Lipinski definition) is 8. The SMILES string of the molecule is CCN(CC)CCN(C(=O)c1cccc([N+](=O)[O-])c1)c1nc2cc(OC)c(OC)cc2s1.Cl. The number of fused-ring (bicyclic) bond motifs is 1. The highest BCUT2D eigenvalue weighted by atomic mass is 35.5. The van der Waals surface area contributed by atoms with Gasteiger partial charge in [-0.25, -0.2) is 4.98 Å². The van der Waals surface area contributed by atoms with Crippen LogP contribution in [0.15, 0.2) is 36.4 Å². The lowest BCUT2D eigenvalue weighted by Crippen LogP contribution is -2.38. The number of ether oxygens (including phenoxy) is 2. The van der Waals surface area contributed by atoms with Gasteiger partial charge in [-0.05, 0) is 19.2 Å². The van der Waals surface area contributed by atoms with Gasteiger partial charge in [0.25, 0.3) is 11.6 Å². The van der Waals surface area contributed by atoms with Crippen molar-refractivity contribution in [3.63, 3.8) is 0 Å². The van der Waals surface area contributed by atoms with Crippen molar-refractivity contribution in [1.29, 1.82) is 0 Å². The first-order valence-electron chi connectivity index (χ1n) is 10.2. The van der Waals surface area contributed by atoms with Crippen LogP contribution >= 0.6 is 23.7 Å². The lowest BCUT2D eigenvalue weighted by atomic mass is 10.2. The molecule has 33 heavy (non-hydrogen) atoms. The van der Waals surface area contributed by atoms with E-state index in [0.29, 0.717) is 35.2 Å². The van der Waals surface area contributed by atoms with Gasteiger partial charge in [0.05, 0.1) is 29.4 Å². The molecule has 0 atom stereocenters. The number of non-ortho nitro benzene ring substituents is 1. The van der Waals surface area contributed by atoms with E-state index in [0.717, 1.165) is 17.8 Å². The molecule has 0 spiro atoms. The summed E-state index contributed by atoms with van der Waals surface area (Å²) in [5.74, 6) is 0.797. The van der Waals surface area contributed by atoms with E-state index in [4.69, 9.17) is 9.47 Å². The second-order valence-corrected chi connectivity index (χ2v) is 7.97. The van der Waals surface area contributed by atoms with Crippen LogP contribution in [0.2, 0.25) is 0 Å². The Kier molecular flexibility index (Phi) is 9.39. The van der Waals surface area contributed by atoms with E-state index in [9.17, 15) is 14.9 Å². The Bertz CT molecular complexity index is 1080. The topological polar surface area (TPSA) is 98.0 Å². The summed E-state index contributed by atoms with van der Waals surface area (Å²) in [6.07, 6.45) is 0. The standard InChI is InChI=1S/C22H26N4O5S.ClH/c1-5-24(6-2)10-11-25(21(27)15-8-7-9-16(12-15)26(28)29)22-23-17-13-18(30-3)19(31-4)14-20(17)32-22;/h7-9,12-14H,5-6,10-11H2,1-4H3;1H. The van der Waals surface area contributed by atoms with E-state index < -0.39 is 4.92 Å². The number of halogens is 1. The summed E-state index contributed by atoms with van der Waals surface area (Å²) in [5, 5.41) is 11.7. The maximum atomic E-state index is 13.4. The lowest BCUT2D eigenvalue weighted by Gasteiger charge is -2.24. The van der Waals surface area contributed by atoms with Crippen molar-refractivity contribution < 1.29 is 19.2 Å². The Balaban J connectivity index is 0.00000385. The zero-order valence-corrected chi connectivity index (χ0v) is 20.6. The van der Waals surface area contributed by atoms with Gasteiger partial charge in [-0.2, -0.15) is 0 Å². The fourth-order valence-electron chi connectivity index (χ4n) is 3.33. The molecule has 0 fully saturated rings. The second kappa shape index (κ2) is 11.8. The molecule has 0 radical (unpaired) electrons. The molecule has 0 aliphatic heterocycles. The van der Waals surface area contributed by atoms with Gasteiger partial charge >= 0.3 is 0 Å². The van der Waals surface area contributed by atoms with E-state index >= 15 is 0 Å². The molecule has 9 nitrogen and oxygen atoms in total. The number of anilines is 1. The molecule has 0 bridgehead atoms. The number of benzene rings is 2. The Morgan fingerprint density at radius 1 is 1.09 bits per heavy atom. The third kappa shape index (κ3) is 5.89. The molecular weight excluding hydrogens is 468 g/mol. The summed E-state index contributed by atoms with van der Waals surface area (Å²) in [6.45, 7) is 6.87. The van der Waals surface area contributed by atoms with E-state index in [2.05, 4.69) is 23.7 Å². The van der Waals surface area contributed by atoms with Crippen LogP contribution in [-0.4, -0.2) is 61.1 Å². The van der Waals surface area contributed by atoms with Crippen molar-refractivity contribution >= 4 is 50.7 Å². The number of amides is 1. The van der Waals surface area contributed by atoms with Gasteiger partial charge in [-0.3, -0.25) is 19.8 Å². The predicted octanol–water partition coefficient (Wildman–Crippen LogP) is 4.63. The lowest BCUT2D eigenvalue weighted by molar-refractivity contribution is -0.384. The third-order valence-corrected chi connectivity index (χ3v) is 6.24. The largest absolute Gasteiger partial charge is 0.493 e. The fourth-order valence-corrected chi connectivity index (χ4v) is 4.33. The van der Waals surface area contributed by atoms with Gasteiger partial charge in [0.15, 0.2) is 16.6 Å². The van der Waals surface area contributed by atoms with Crippen molar-refractivity contribution in [3.05, 3.63) is 52.1 Å². The van der Waals surface area contributed by atoms with Crippen LogP contribution in [0.1, 0.15) is 24.2 Å². The summed E-state index contributed by atoms with van der Waals surface area (Å²) in [6, 6.07) is 9.37. The zero-order valence-electron chi connectivity index (χ0n) is 18.9. The first-order valence-corrected chi connectivity index (χ1v) is 11.0. The summed E-state index contributed by atoms with van der Waals surface area (Å²) < 4.78 is 11.6. The van der Waals surface area contributed by atoms with Crippen molar-refractivity contribution in [2.24, 2.45) is 0 Å². The average molecular weight is 495 g/mol. The molecule has 0 saturated carbocycles. The number of nitro groups is 1. The zero-order chi connectivity index (χ0) is 23.3. The van der Waals surface area contributed by atoms with Gasteiger partial charge in [-0.15, -0.1) is 12.4 Å². The minimum absolute atomic E-state index is 0. The second-order valence-electron chi connectivity index (χ2n) is 6.96. The molecule has 3 aromatic rings. The maximum absolute atomic E-state index is 13.4. The highest BCUT2D eigenvalue weighted by Crippen LogP contribution is 2.37. The number of nitro benzene ring substituents is 1. The van der Waals surface area contributed by atoms with Gasteiger partial charge < -0.3 is 14.4 Å². The minimum Gasteiger partial charge on any atom is -0.493 e. The molecule has 1 aromatic heterocycles. The molecule has 11 heteroatoms. The molecule has 0 N–H and O–H groups in total. The van der Waals surface area contributed by atoms with Gasteiger partial charge in [0, 0.05) is 42.9 Å². The number of carbonyl (C=O) groups excluding carboxylic acids is 1. The summed E-state index contributed by atoms with van der Waals surface area (Å²) >= 11 is 1.36. The Hall–Kier alpha value is -2.95. The first-order chi connectivity index (χ1) is 15.4. The molecule has 1 heterocycles. The number of carbonyl (C=O) groups is 1. The molecule has 0 saturated heterocycles. The highest BCUT2D eigenvalue weighted by Gasteiger charge is 2.24. The molecular formula is C22H27ClN4O5S. The van der Waals surface area contributed by atoms with Crippen LogP contribution in [-0.2, 0) is 0 Å². The van der Waals surface area contributed by atoms with Crippen LogP contribution in [0.4, 0.5) is 10.8 Å². The van der Waals surface area contributed by atoms with Crippen molar-refractivity contribution in [3.8, 4) is 11.5 Å².